The molecule has 0 aliphatic rings. The van der Waals surface area contributed by atoms with Crippen LogP contribution < -0.4 is 0 Å². The molecule has 2 aromatic carbocycles. The van der Waals surface area contributed by atoms with Crippen molar-refractivity contribution in [2.24, 2.45) is 10.2 Å². The summed E-state index contributed by atoms with van der Waals surface area (Å²) in [7, 11) is 4.20. The Kier molecular flexibility index (Phi) is 5.69. The zero-order valence-corrected chi connectivity index (χ0v) is 12.4. The minimum absolute atomic E-state index is 0.110. The van der Waals surface area contributed by atoms with Crippen molar-refractivity contribution in [1.29, 1.82) is 0 Å². The second-order valence-electron chi connectivity index (χ2n) is 4.04. The Balaban J connectivity index is 0.000000774. The third-order valence-electron chi connectivity index (χ3n) is 2.78. The number of rotatable bonds is 2. The average Bonchev–Trinajstić information content (AvgIpc) is 2.57. The van der Waals surface area contributed by atoms with Crippen LogP contribution in [-0.2, 0) is 15.1 Å². The molecule has 0 aliphatic heterocycles. The minimum atomic E-state index is 0.110. The Bertz CT molecular complexity index is 750. The molecule has 0 amide bonds. The molecule has 0 fully saturated rings. The summed E-state index contributed by atoms with van der Waals surface area (Å²) in [6.45, 7) is 0. The first-order chi connectivity index (χ1) is 10.3. The Morgan fingerprint density at radius 3 is 2.43 bits per heavy atom. The molecule has 0 unspecified atom stereocenters. The number of nitrogens with zero attached hydrogens (tertiary/aromatic N) is 3. The topological polar surface area (TPSA) is 57.8 Å². The Hall–Kier alpha value is -1.94. The maximum absolute atomic E-state index is 9.91. The quantitative estimate of drug-likeness (QED) is 0.521. The molecule has 0 spiro atoms. The number of hydrogen-bond donors (Lipinski definition) is 1. The van der Waals surface area contributed by atoms with Gasteiger partial charge in [-0.15, -0.1) is 10.2 Å². The van der Waals surface area contributed by atoms with Crippen LogP contribution in [0.4, 0.5) is 11.5 Å². The Labute approximate surface area is 134 Å². The predicted molar refractivity (Wildman–Crippen MR) is 79.9 cm³/mol. The molecule has 6 heteroatoms. The van der Waals surface area contributed by atoms with Crippen molar-refractivity contribution < 1.29 is 20.2 Å². The normalized spacial score (nSPS) is 10.4. The summed E-state index contributed by atoms with van der Waals surface area (Å²) in [4.78, 5) is 4.06. The summed E-state index contributed by atoms with van der Waals surface area (Å²) >= 11 is 3.66. The number of phenolic OH excluding ortho intramolecular Hbond substituents is 1. The van der Waals surface area contributed by atoms with Crippen molar-refractivity contribution in [1.82, 2.24) is 4.98 Å². The van der Waals surface area contributed by atoms with Crippen molar-refractivity contribution in [3.63, 3.8) is 0 Å². The van der Waals surface area contributed by atoms with Gasteiger partial charge in [-0.25, -0.2) is 4.98 Å². The molecule has 0 saturated carbocycles. The molecule has 4 nitrogen and oxygen atoms in total. The van der Waals surface area contributed by atoms with Crippen molar-refractivity contribution in [2.75, 3.05) is 0 Å². The second kappa shape index (κ2) is 7.74. The molecule has 1 aromatic heterocycles. The molecule has 21 heavy (non-hydrogen) atoms. The van der Waals surface area contributed by atoms with Crippen molar-refractivity contribution in [3.05, 3.63) is 60.8 Å². The van der Waals surface area contributed by atoms with Crippen LogP contribution in [0.15, 0.2) is 71.0 Å². The van der Waals surface area contributed by atoms with E-state index in [1.54, 1.807) is 18.3 Å². The SMILES string of the molecule is Oc1ccc2ccccc2c1N=Nc1ccccn1.[Cl][Cu]. The molecule has 1 heterocycles. The molecule has 3 aromatic rings. The van der Waals surface area contributed by atoms with Crippen LogP contribution in [0.25, 0.3) is 10.8 Å². The van der Waals surface area contributed by atoms with Crippen LogP contribution in [0, 0.1) is 0 Å². The number of aromatic hydroxyl groups is 1. The fourth-order valence-corrected chi connectivity index (χ4v) is 1.86. The third kappa shape index (κ3) is 3.79. The van der Waals surface area contributed by atoms with Crippen molar-refractivity contribution in [3.8, 4) is 5.75 Å². The van der Waals surface area contributed by atoms with E-state index in [4.69, 9.17) is 0 Å². The van der Waals surface area contributed by atoms with Gasteiger partial charge < -0.3 is 5.11 Å². The number of aromatic nitrogens is 1. The number of halogens is 1. The van der Waals surface area contributed by atoms with Gasteiger partial charge >= 0.3 is 25.2 Å². The summed E-state index contributed by atoms with van der Waals surface area (Å²) in [6, 6.07) is 16.6. The average molecular weight is 348 g/mol. The molecule has 110 valence electrons. The summed E-state index contributed by atoms with van der Waals surface area (Å²) in [6.07, 6.45) is 1.65. The van der Waals surface area contributed by atoms with E-state index in [-0.39, 0.29) is 5.75 Å². The Morgan fingerprint density at radius 2 is 1.67 bits per heavy atom. The maximum atomic E-state index is 9.91. The zero-order chi connectivity index (χ0) is 15.1. The predicted octanol–water partition coefficient (Wildman–Crippen LogP) is 5.04. The first-order valence-electron chi connectivity index (χ1n) is 5.99. The number of benzene rings is 2. The summed E-state index contributed by atoms with van der Waals surface area (Å²) < 4.78 is 0. The van der Waals surface area contributed by atoms with Gasteiger partial charge in [0.15, 0.2) is 5.82 Å². The van der Waals surface area contributed by atoms with E-state index >= 15 is 0 Å². The van der Waals surface area contributed by atoms with Gasteiger partial charge in [0.25, 0.3) is 0 Å². The molecule has 3 rings (SSSR count). The monoisotopic (exact) mass is 347 g/mol. The summed E-state index contributed by atoms with van der Waals surface area (Å²) in [5.41, 5.74) is 0.462. The first kappa shape index (κ1) is 15.4. The van der Waals surface area contributed by atoms with Gasteiger partial charge in [0.1, 0.15) is 11.4 Å². The summed E-state index contributed by atoms with van der Waals surface area (Å²) in [5, 5.41) is 19.9. The molecule has 1 N–H and O–H groups in total. The molecule has 0 bridgehead atoms. The number of azo groups is 1. The number of pyridine rings is 1. The zero-order valence-electron chi connectivity index (χ0n) is 10.7. The van der Waals surface area contributed by atoms with E-state index in [0.717, 1.165) is 10.8 Å². The van der Waals surface area contributed by atoms with Crippen molar-refractivity contribution >= 4 is 32.4 Å². The Morgan fingerprint density at radius 1 is 0.905 bits per heavy atom. The van der Waals surface area contributed by atoms with Crippen LogP contribution in [0.5, 0.6) is 5.75 Å². The molecule has 0 radical (unpaired) electrons. The molecular formula is C15H11ClCuN3O. The van der Waals surface area contributed by atoms with E-state index in [1.165, 1.54) is 0 Å². The number of phenols is 1. The third-order valence-corrected chi connectivity index (χ3v) is 2.78. The van der Waals surface area contributed by atoms with E-state index in [2.05, 4.69) is 40.4 Å². The van der Waals surface area contributed by atoms with E-state index in [0.29, 0.717) is 11.5 Å². The van der Waals surface area contributed by atoms with Gasteiger partial charge in [-0.3, -0.25) is 0 Å². The van der Waals surface area contributed by atoms with Gasteiger partial charge in [0, 0.05) is 11.6 Å². The molecule has 0 aliphatic carbocycles. The molecular weight excluding hydrogens is 337 g/mol. The van der Waals surface area contributed by atoms with Crippen LogP contribution in [-0.4, -0.2) is 10.1 Å². The first-order valence-corrected chi connectivity index (χ1v) is 7.29. The van der Waals surface area contributed by atoms with Crippen LogP contribution >= 0.6 is 10.1 Å². The van der Waals surface area contributed by atoms with E-state index in [1.807, 2.05) is 42.5 Å². The standard InChI is InChI=1S/C15H11N3O.ClH.Cu/c19-13-9-8-11-5-1-2-6-12(11)15(13)18-17-14-7-3-4-10-16-14;;/h1-10,19H;1H;/q;;+1/p-1. The molecule has 0 atom stereocenters. The van der Waals surface area contributed by atoms with Gasteiger partial charge in [-0.1, -0.05) is 36.4 Å². The van der Waals surface area contributed by atoms with E-state index < -0.39 is 0 Å². The van der Waals surface area contributed by atoms with Gasteiger partial charge in [0.2, 0.25) is 0 Å². The fourth-order valence-electron chi connectivity index (χ4n) is 1.86. The van der Waals surface area contributed by atoms with Gasteiger partial charge in [-0.05, 0) is 23.6 Å². The number of fused-ring (bicyclic) bond motifs is 1. The van der Waals surface area contributed by atoms with Gasteiger partial charge in [-0.2, -0.15) is 0 Å². The van der Waals surface area contributed by atoms with Crippen molar-refractivity contribution in [2.45, 2.75) is 0 Å². The fraction of sp³-hybridized carbons (Fsp3) is 0. The molecule has 0 saturated heterocycles. The second-order valence-corrected chi connectivity index (χ2v) is 4.04. The van der Waals surface area contributed by atoms with Gasteiger partial charge in [0.05, 0.1) is 0 Å². The summed E-state index contributed by atoms with van der Waals surface area (Å²) in [5.74, 6) is 0.619. The van der Waals surface area contributed by atoms with Crippen LogP contribution in [0.2, 0.25) is 0 Å². The van der Waals surface area contributed by atoms with Crippen LogP contribution in [0.3, 0.4) is 0 Å². The van der Waals surface area contributed by atoms with E-state index in [9.17, 15) is 5.11 Å². The number of hydrogen-bond acceptors (Lipinski definition) is 4. The van der Waals surface area contributed by atoms with Crippen LogP contribution in [0.1, 0.15) is 0 Å².